The smallest absolute Gasteiger partial charge is 0.354 e. The molecule has 0 amide bonds. The number of carbonyl (C=O) groups excluding carboxylic acids is 2. The number of H-pyrrole nitrogens is 2. The van der Waals surface area contributed by atoms with E-state index in [0.29, 0.717) is 0 Å². The van der Waals surface area contributed by atoms with Gasteiger partial charge in [-0.25, -0.2) is 9.97 Å². The minimum atomic E-state index is -0.0625. The normalized spacial score (nSPS) is 11.3. The molecule has 9 rings (SSSR count). The number of nitrogens with one attached hydrogen (secondary N) is 2. The van der Waals surface area contributed by atoms with Crippen LogP contribution in [0.3, 0.4) is 0 Å². The van der Waals surface area contributed by atoms with Crippen molar-refractivity contribution in [1.29, 1.82) is 0 Å². The number of ketones is 2. The zero-order chi connectivity index (χ0) is 37.7. The molecule has 2 N–H and O–H groups in total. The fourth-order valence-corrected chi connectivity index (χ4v) is 7.19. The van der Waals surface area contributed by atoms with Crippen LogP contribution in [0.15, 0.2) is 146 Å². The molecule has 0 atom stereocenters. The molecular formula is C49H38N4O2Yb+3. The van der Waals surface area contributed by atoms with Gasteiger partial charge in [0.05, 0.1) is 29.2 Å². The second kappa shape index (κ2) is 17.4. The van der Waals surface area contributed by atoms with Gasteiger partial charge in [0.2, 0.25) is 0 Å². The summed E-state index contributed by atoms with van der Waals surface area (Å²) in [5.74, 6) is -0.125. The Balaban J connectivity index is 0.000000552. The van der Waals surface area contributed by atoms with Crippen LogP contribution < -0.4 is 0 Å². The van der Waals surface area contributed by atoms with E-state index >= 15 is 0 Å². The van der Waals surface area contributed by atoms with Crippen molar-refractivity contribution in [3.05, 3.63) is 168 Å². The molecule has 1 radical (unpaired) electrons. The monoisotopic (exact) mass is 888 g/mol. The van der Waals surface area contributed by atoms with Crippen molar-refractivity contribution in [1.82, 2.24) is 19.9 Å². The summed E-state index contributed by atoms with van der Waals surface area (Å²) >= 11 is 0. The summed E-state index contributed by atoms with van der Waals surface area (Å²) in [6.07, 6.45) is 8.63. The first-order chi connectivity index (χ1) is 26.9. The van der Waals surface area contributed by atoms with Gasteiger partial charge in [-0.1, -0.05) is 121 Å². The Bertz CT molecular complexity index is 2410. The van der Waals surface area contributed by atoms with Crippen LogP contribution in [-0.4, -0.2) is 31.5 Å². The molecule has 4 aromatic carbocycles. The molecule has 0 spiro atoms. The molecule has 0 aliphatic carbocycles. The maximum atomic E-state index is 10.0. The first kappa shape index (κ1) is 38.6. The minimum absolute atomic E-state index is 0. The standard InChI is InChI=1S/C44H30N4.C5H8O2.Yb/c1-5-13-29(14-6-1)41-33-21-23-35(45-33)42(30-15-7-2-8-16-30)37-25-27-39(47-37)44(32-19-11-4-12-20-32)40-28-26-38(48-40)43(31-17-9-3-10-18-31)36-24-22-34(41)46-36;1-4(6)3-5(2)7;/h1-28,45,48H;3H2,1-2H3;/q;;+3. The Hall–Kier alpha value is -5.66. The van der Waals surface area contributed by atoms with E-state index in [1.165, 1.54) is 13.8 Å². The van der Waals surface area contributed by atoms with Gasteiger partial charge < -0.3 is 9.97 Å². The Morgan fingerprint density at radius 1 is 0.393 bits per heavy atom. The van der Waals surface area contributed by atoms with Gasteiger partial charge in [0, 0.05) is 44.3 Å². The molecule has 0 saturated carbocycles. The molecule has 5 heterocycles. The number of fused-ring (bicyclic) bond motifs is 8. The predicted octanol–water partition coefficient (Wildman–Crippen LogP) is 11.9. The number of carbonyl (C=O) groups is 2. The van der Waals surface area contributed by atoms with Crippen molar-refractivity contribution >= 4 is 57.9 Å². The van der Waals surface area contributed by atoms with Crippen LogP contribution in [0.5, 0.6) is 0 Å². The maximum absolute atomic E-state index is 10.0. The largest absolute Gasteiger partial charge is 3.00 e. The summed E-state index contributed by atoms with van der Waals surface area (Å²) in [5, 5.41) is 0. The molecule has 7 heteroatoms. The van der Waals surface area contributed by atoms with Gasteiger partial charge in [0.25, 0.3) is 0 Å². The maximum Gasteiger partial charge on any atom is 3.00 e. The van der Waals surface area contributed by atoms with E-state index in [-0.39, 0.29) is 64.9 Å². The van der Waals surface area contributed by atoms with Crippen LogP contribution in [0.25, 0.3) is 90.9 Å². The van der Waals surface area contributed by atoms with Gasteiger partial charge in [0.15, 0.2) is 0 Å². The molecule has 0 saturated heterocycles. The molecule has 3 aromatic heterocycles. The predicted molar refractivity (Wildman–Crippen MR) is 227 cm³/mol. The van der Waals surface area contributed by atoms with E-state index in [9.17, 15) is 9.59 Å². The Morgan fingerprint density at radius 2 is 0.625 bits per heavy atom. The third-order valence-corrected chi connectivity index (χ3v) is 9.50. The summed E-state index contributed by atoms with van der Waals surface area (Å²) in [6.45, 7) is 2.81. The average molecular weight is 888 g/mol. The SMILES string of the molecule is C1=Cc2nc1c(-c1ccccc1)c1ccc([nH]1)c(-c1ccccc1)c1nc(c(-c3ccccc3)c3ccc([nH]3)c2-c2ccccc2)C=C1.CC(=O)CC(C)=O.[Yb+3]. The number of Topliss-reactive ketones (excluding diaryl/α,β-unsaturated/α-hetero) is 2. The zero-order valence-electron chi connectivity index (χ0n) is 30.9. The number of benzene rings is 4. The van der Waals surface area contributed by atoms with Gasteiger partial charge in [-0.3, -0.25) is 9.59 Å². The number of aromatic amines is 2. The molecular weight excluding hydrogens is 850 g/mol. The van der Waals surface area contributed by atoms with E-state index in [0.717, 1.165) is 89.4 Å². The van der Waals surface area contributed by atoms with Crippen LogP contribution in [0.1, 0.15) is 43.0 Å². The molecule has 56 heavy (non-hydrogen) atoms. The number of hydrogen-bond acceptors (Lipinski definition) is 4. The van der Waals surface area contributed by atoms with Gasteiger partial charge in [0.1, 0.15) is 11.6 Å². The summed E-state index contributed by atoms with van der Waals surface area (Å²) in [5.41, 5.74) is 16.2. The van der Waals surface area contributed by atoms with Crippen molar-refractivity contribution in [2.45, 2.75) is 20.3 Å². The van der Waals surface area contributed by atoms with Gasteiger partial charge >= 0.3 is 46.9 Å². The van der Waals surface area contributed by atoms with Crippen LogP contribution in [0.2, 0.25) is 0 Å². The molecule has 7 aromatic rings. The molecule has 2 aliphatic rings. The zero-order valence-corrected chi connectivity index (χ0v) is 32.6. The van der Waals surface area contributed by atoms with Crippen LogP contribution in [0.4, 0.5) is 0 Å². The van der Waals surface area contributed by atoms with Crippen molar-refractivity contribution in [3.8, 4) is 44.5 Å². The minimum Gasteiger partial charge on any atom is -0.354 e. The van der Waals surface area contributed by atoms with E-state index in [1.54, 1.807) is 0 Å². The number of rotatable bonds is 6. The molecule has 277 valence electrons. The van der Waals surface area contributed by atoms with E-state index in [4.69, 9.17) is 9.97 Å². The van der Waals surface area contributed by atoms with Crippen molar-refractivity contribution < 1.29 is 56.5 Å². The molecule has 2 aliphatic heterocycles. The average Bonchev–Trinajstić information content (AvgIpc) is 4.04. The van der Waals surface area contributed by atoms with Crippen LogP contribution in [0, 0.1) is 46.9 Å². The number of nitrogens with zero attached hydrogens (tertiary/aromatic N) is 2. The Morgan fingerprint density at radius 3 is 0.821 bits per heavy atom. The fourth-order valence-electron chi connectivity index (χ4n) is 7.19. The topological polar surface area (TPSA) is 91.5 Å². The molecule has 0 unspecified atom stereocenters. The number of hydrogen-bond donors (Lipinski definition) is 2. The van der Waals surface area contributed by atoms with E-state index < -0.39 is 0 Å². The molecule has 0 fully saturated rings. The van der Waals surface area contributed by atoms with E-state index in [2.05, 4.69) is 156 Å². The van der Waals surface area contributed by atoms with Gasteiger partial charge in [-0.15, -0.1) is 0 Å². The summed E-state index contributed by atoms with van der Waals surface area (Å²) in [6, 6.07) is 50.7. The second-order valence-corrected chi connectivity index (χ2v) is 13.5. The van der Waals surface area contributed by atoms with Crippen molar-refractivity contribution in [3.63, 3.8) is 0 Å². The third kappa shape index (κ3) is 8.29. The summed E-state index contributed by atoms with van der Waals surface area (Å²) in [7, 11) is 0. The van der Waals surface area contributed by atoms with Gasteiger partial charge in [-0.05, 0) is 84.7 Å². The second-order valence-electron chi connectivity index (χ2n) is 13.5. The molecule has 8 bridgehead atoms. The van der Waals surface area contributed by atoms with Crippen molar-refractivity contribution in [2.75, 3.05) is 0 Å². The quantitative estimate of drug-likeness (QED) is 0.163. The van der Waals surface area contributed by atoms with E-state index in [1.807, 2.05) is 24.3 Å². The van der Waals surface area contributed by atoms with Gasteiger partial charge in [-0.2, -0.15) is 0 Å². The first-order valence-electron chi connectivity index (χ1n) is 18.3. The summed E-state index contributed by atoms with van der Waals surface area (Å²) < 4.78 is 0. The summed E-state index contributed by atoms with van der Waals surface area (Å²) in [4.78, 5) is 38.4. The Kier molecular flexibility index (Phi) is 12.0. The van der Waals surface area contributed by atoms with Crippen LogP contribution >= 0.6 is 0 Å². The Labute approximate surface area is 364 Å². The molecule has 6 nitrogen and oxygen atoms in total. The van der Waals surface area contributed by atoms with Crippen LogP contribution in [-0.2, 0) is 9.59 Å². The van der Waals surface area contributed by atoms with Crippen molar-refractivity contribution in [2.24, 2.45) is 0 Å². The number of aromatic nitrogens is 4. The fraction of sp³-hybridized carbons (Fsp3) is 0.0612. The third-order valence-electron chi connectivity index (χ3n) is 9.50. The first-order valence-corrected chi connectivity index (χ1v) is 18.3.